The Labute approximate surface area is 63.2 Å². The summed E-state index contributed by atoms with van der Waals surface area (Å²) in [5.41, 5.74) is 1.26. The molecule has 0 unspecified atom stereocenters. The van der Waals surface area contributed by atoms with E-state index in [1.54, 1.807) is 6.20 Å². The Morgan fingerprint density at radius 1 is 1.67 bits per heavy atom. The van der Waals surface area contributed by atoms with Gasteiger partial charge in [-0.1, -0.05) is 13.0 Å². The van der Waals surface area contributed by atoms with Crippen LogP contribution in [-0.4, -0.2) is 4.98 Å². The van der Waals surface area contributed by atoms with Crippen LogP contribution in [0.3, 0.4) is 0 Å². The second-order valence-corrected chi connectivity index (χ2v) is 2.56. The Balaban J connectivity index is 3.01. The molecule has 2 heteroatoms. The number of halogens is 1. The predicted molar refractivity (Wildman–Crippen MR) is 41.3 cm³/mol. The molecule has 0 aliphatic rings. The van der Waals surface area contributed by atoms with Crippen molar-refractivity contribution >= 4 is 15.9 Å². The van der Waals surface area contributed by atoms with Crippen molar-refractivity contribution < 1.29 is 0 Å². The van der Waals surface area contributed by atoms with Gasteiger partial charge >= 0.3 is 0 Å². The number of pyridine rings is 1. The second kappa shape index (κ2) is 2.97. The average Bonchev–Trinajstić information content (AvgIpc) is 1.89. The Morgan fingerprint density at radius 3 is 2.89 bits per heavy atom. The smallest absolute Gasteiger partial charge is 0.109 e. The van der Waals surface area contributed by atoms with Crippen LogP contribution in [0.2, 0.25) is 0 Å². The van der Waals surface area contributed by atoms with Gasteiger partial charge in [0.2, 0.25) is 0 Å². The number of hydrogen-bond acceptors (Lipinski definition) is 1. The molecule has 0 fully saturated rings. The monoisotopic (exact) mass is 185 g/mol. The summed E-state index contributed by atoms with van der Waals surface area (Å²) in [6.07, 6.45) is 2.82. The first kappa shape index (κ1) is 6.75. The number of aryl methyl sites for hydroxylation is 1. The summed E-state index contributed by atoms with van der Waals surface area (Å²) in [6, 6.07) is 4.01. The van der Waals surface area contributed by atoms with E-state index in [1.807, 2.05) is 6.07 Å². The highest BCUT2D eigenvalue weighted by atomic mass is 79.9. The highest BCUT2D eigenvalue weighted by molar-refractivity contribution is 9.10. The van der Waals surface area contributed by atoms with Gasteiger partial charge < -0.3 is 0 Å². The van der Waals surface area contributed by atoms with Gasteiger partial charge in [-0.25, -0.2) is 4.98 Å². The number of aromatic nitrogens is 1. The molecule has 0 aromatic carbocycles. The van der Waals surface area contributed by atoms with Crippen LogP contribution in [0.4, 0.5) is 0 Å². The SMILES string of the molecule is CCc1cccnc1Br. The van der Waals surface area contributed by atoms with Crippen LogP contribution in [0.5, 0.6) is 0 Å². The van der Waals surface area contributed by atoms with Crippen molar-refractivity contribution in [1.82, 2.24) is 4.98 Å². The molecule has 1 aromatic heterocycles. The topological polar surface area (TPSA) is 12.9 Å². The summed E-state index contributed by atoms with van der Waals surface area (Å²) in [5.74, 6) is 0. The molecule has 0 saturated heterocycles. The number of hydrogen-bond donors (Lipinski definition) is 0. The van der Waals surface area contributed by atoms with Gasteiger partial charge in [0.1, 0.15) is 4.60 Å². The van der Waals surface area contributed by atoms with Crippen molar-refractivity contribution in [2.45, 2.75) is 13.3 Å². The molecule has 0 radical (unpaired) electrons. The van der Waals surface area contributed by atoms with Crippen LogP contribution in [0.25, 0.3) is 0 Å². The maximum atomic E-state index is 4.07. The van der Waals surface area contributed by atoms with Crippen LogP contribution in [0.15, 0.2) is 22.9 Å². The maximum Gasteiger partial charge on any atom is 0.109 e. The van der Waals surface area contributed by atoms with Gasteiger partial charge in [0.15, 0.2) is 0 Å². The van der Waals surface area contributed by atoms with Crippen molar-refractivity contribution in [3.63, 3.8) is 0 Å². The van der Waals surface area contributed by atoms with Gasteiger partial charge in [-0.3, -0.25) is 0 Å². The Bertz CT molecular complexity index is 198. The van der Waals surface area contributed by atoms with Crippen LogP contribution < -0.4 is 0 Å². The maximum absolute atomic E-state index is 4.07. The van der Waals surface area contributed by atoms with Crippen molar-refractivity contribution in [3.8, 4) is 0 Å². The molecule has 0 amide bonds. The Morgan fingerprint density at radius 2 is 2.44 bits per heavy atom. The molecule has 0 bridgehead atoms. The minimum atomic E-state index is 0.965. The minimum absolute atomic E-state index is 0.965. The van der Waals surface area contributed by atoms with E-state index in [9.17, 15) is 0 Å². The lowest BCUT2D eigenvalue weighted by Crippen LogP contribution is -1.83. The molecule has 0 aliphatic heterocycles. The summed E-state index contributed by atoms with van der Waals surface area (Å²) in [6.45, 7) is 2.11. The zero-order valence-electron chi connectivity index (χ0n) is 5.26. The zero-order valence-corrected chi connectivity index (χ0v) is 6.85. The number of nitrogens with zero attached hydrogens (tertiary/aromatic N) is 1. The fourth-order valence-electron chi connectivity index (χ4n) is 0.683. The predicted octanol–water partition coefficient (Wildman–Crippen LogP) is 2.41. The normalized spacial score (nSPS) is 9.56. The van der Waals surface area contributed by atoms with Crippen molar-refractivity contribution in [3.05, 3.63) is 28.5 Å². The molecule has 9 heavy (non-hydrogen) atoms. The first-order valence-electron chi connectivity index (χ1n) is 2.94. The molecule has 0 saturated carbocycles. The lowest BCUT2D eigenvalue weighted by atomic mass is 10.2. The summed E-state index contributed by atoms with van der Waals surface area (Å²) in [5, 5.41) is 0. The summed E-state index contributed by atoms with van der Waals surface area (Å²) < 4.78 is 0.965. The highest BCUT2D eigenvalue weighted by Crippen LogP contribution is 2.11. The van der Waals surface area contributed by atoms with Gasteiger partial charge in [-0.15, -0.1) is 0 Å². The lowest BCUT2D eigenvalue weighted by Gasteiger charge is -1.95. The first-order chi connectivity index (χ1) is 4.34. The van der Waals surface area contributed by atoms with E-state index in [4.69, 9.17) is 0 Å². The fourth-order valence-corrected chi connectivity index (χ4v) is 1.21. The molecule has 1 heterocycles. The minimum Gasteiger partial charge on any atom is -0.249 e. The van der Waals surface area contributed by atoms with Crippen LogP contribution >= 0.6 is 15.9 Å². The van der Waals surface area contributed by atoms with E-state index in [1.165, 1.54) is 5.56 Å². The van der Waals surface area contributed by atoms with Crippen molar-refractivity contribution in [1.29, 1.82) is 0 Å². The highest BCUT2D eigenvalue weighted by Gasteiger charge is 1.93. The quantitative estimate of drug-likeness (QED) is 0.613. The van der Waals surface area contributed by atoms with E-state index in [0.717, 1.165) is 11.0 Å². The van der Waals surface area contributed by atoms with Gasteiger partial charge in [0, 0.05) is 6.20 Å². The third kappa shape index (κ3) is 1.52. The Kier molecular flexibility index (Phi) is 2.22. The average molecular weight is 186 g/mol. The Hall–Kier alpha value is -0.370. The lowest BCUT2D eigenvalue weighted by molar-refractivity contribution is 1.08. The van der Waals surface area contributed by atoms with Gasteiger partial charge in [0.05, 0.1) is 0 Å². The molecule has 1 rings (SSSR count). The first-order valence-corrected chi connectivity index (χ1v) is 3.73. The summed E-state index contributed by atoms with van der Waals surface area (Å²) in [4.78, 5) is 4.07. The molecular formula is C7H8BrN. The second-order valence-electron chi connectivity index (χ2n) is 1.81. The van der Waals surface area contributed by atoms with Gasteiger partial charge in [0.25, 0.3) is 0 Å². The van der Waals surface area contributed by atoms with E-state index in [2.05, 4.69) is 33.9 Å². The third-order valence-electron chi connectivity index (χ3n) is 1.22. The largest absolute Gasteiger partial charge is 0.249 e. The van der Waals surface area contributed by atoms with Gasteiger partial charge in [-0.05, 0) is 34.0 Å². The third-order valence-corrected chi connectivity index (χ3v) is 1.93. The van der Waals surface area contributed by atoms with E-state index < -0.39 is 0 Å². The van der Waals surface area contributed by atoms with Crippen molar-refractivity contribution in [2.24, 2.45) is 0 Å². The fraction of sp³-hybridized carbons (Fsp3) is 0.286. The summed E-state index contributed by atoms with van der Waals surface area (Å²) in [7, 11) is 0. The molecule has 1 nitrogen and oxygen atoms in total. The van der Waals surface area contributed by atoms with Crippen LogP contribution in [-0.2, 0) is 6.42 Å². The molecular weight excluding hydrogens is 178 g/mol. The van der Waals surface area contributed by atoms with E-state index >= 15 is 0 Å². The molecule has 0 spiro atoms. The van der Waals surface area contributed by atoms with Crippen LogP contribution in [0.1, 0.15) is 12.5 Å². The number of rotatable bonds is 1. The molecule has 0 atom stereocenters. The zero-order chi connectivity index (χ0) is 6.69. The summed E-state index contributed by atoms with van der Waals surface area (Å²) >= 11 is 3.35. The van der Waals surface area contributed by atoms with E-state index in [-0.39, 0.29) is 0 Å². The van der Waals surface area contributed by atoms with Crippen molar-refractivity contribution in [2.75, 3.05) is 0 Å². The van der Waals surface area contributed by atoms with Gasteiger partial charge in [-0.2, -0.15) is 0 Å². The molecule has 48 valence electrons. The molecule has 0 aliphatic carbocycles. The molecule has 1 aromatic rings. The molecule has 0 N–H and O–H groups in total. The van der Waals surface area contributed by atoms with E-state index in [0.29, 0.717) is 0 Å². The van der Waals surface area contributed by atoms with Crippen LogP contribution in [0, 0.1) is 0 Å². The standard InChI is InChI=1S/C7H8BrN/c1-2-6-4-3-5-9-7(6)8/h3-5H,2H2,1H3.